The molecule has 2 nitrogen and oxygen atoms in total. The van der Waals surface area contributed by atoms with Gasteiger partial charge in [0.1, 0.15) is 0 Å². The number of rotatable bonds is 4. The molecule has 1 aromatic carbocycles. The van der Waals surface area contributed by atoms with Gasteiger partial charge in [0, 0.05) is 15.0 Å². The van der Waals surface area contributed by atoms with E-state index in [2.05, 4.69) is 4.72 Å². The molecule has 0 fully saturated rings. The Morgan fingerprint density at radius 3 is 2.43 bits per heavy atom. The highest BCUT2D eigenvalue weighted by atomic mass is 35.5. The summed E-state index contributed by atoms with van der Waals surface area (Å²) >= 11 is 13.3. The lowest BCUT2D eigenvalue weighted by Crippen LogP contribution is -2.08. The number of nitrogens with one attached hydrogen (secondary N) is 1. The highest BCUT2D eigenvalue weighted by Gasteiger charge is 2.08. The van der Waals surface area contributed by atoms with E-state index in [-0.39, 0.29) is 6.61 Å². The third-order valence-corrected chi connectivity index (χ3v) is 3.91. The normalized spacial score (nSPS) is 14.0. The van der Waals surface area contributed by atoms with Crippen LogP contribution in [0.3, 0.4) is 0 Å². The first kappa shape index (κ1) is 18.2. The Morgan fingerprint density at radius 1 is 1.14 bits per heavy atom. The fourth-order valence-corrected chi connectivity index (χ4v) is 2.59. The molecule has 0 radical (unpaired) electrons. The van der Waals surface area contributed by atoms with E-state index in [4.69, 9.17) is 23.2 Å². The van der Waals surface area contributed by atoms with Gasteiger partial charge in [-0.25, -0.2) is 0 Å². The van der Waals surface area contributed by atoms with Crippen molar-refractivity contribution in [3.8, 4) is 0 Å². The molecule has 0 bridgehead atoms. The summed E-state index contributed by atoms with van der Waals surface area (Å²) in [4.78, 5) is 1.03. The van der Waals surface area contributed by atoms with Crippen LogP contribution in [-0.2, 0) is 0 Å². The lowest BCUT2D eigenvalue weighted by molar-refractivity contribution is 0.332. The van der Waals surface area contributed by atoms with Crippen LogP contribution in [0.1, 0.15) is 20.3 Å². The summed E-state index contributed by atoms with van der Waals surface area (Å²) < 4.78 is 3.21. The molecule has 5 heteroatoms. The average molecular weight is 344 g/mol. The molecule has 0 saturated carbocycles. The maximum absolute atomic E-state index is 9.36. The smallest absolute Gasteiger partial charge is 0.0699 e. The number of aliphatic hydroxyl groups is 1. The quantitative estimate of drug-likeness (QED) is 0.728. The minimum atomic E-state index is -0.0159. The standard InChI is InChI=1S/C14H13Cl2NOS.C2H6/c15-11-4-6-13(7-5-11)19-17-14-8-12(16)3-1-2-10(14)9-18;1-2/h2-8,17-18H,1,9H2;1-2H3. The molecule has 0 saturated heterocycles. The van der Waals surface area contributed by atoms with Crippen molar-refractivity contribution in [2.24, 2.45) is 0 Å². The van der Waals surface area contributed by atoms with Crippen LogP contribution in [0.15, 0.2) is 63.7 Å². The number of allylic oxidation sites excluding steroid dienone is 4. The van der Waals surface area contributed by atoms with Gasteiger partial charge in [-0.2, -0.15) is 0 Å². The number of hydrogen-bond acceptors (Lipinski definition) is 3. The van der Waals surface area contributed by atoms with Gasteiger partial charge in [-0.1, -0.05) is 49.2 Å². The second-order valence-corrected chi connectivity index (χ2v) is 5.68. The van der Waals surface area contributed by atoms with Gasteiger partial charge in [-0.3, -0.25) is 0 Å². The Kier molecular flexibility index (Phi) is 8.62. The topological polar surface area (TPSA) is 32.3 Å². The van der Waals surface area contributed by atoms with Gasteiger partial charge in [-0.15, -0.1) is 0 Å². The summed E-state index contributed by atoms with van der Waals surface area (Å²) in [5, 5.41) is 10.7. The predicted octanol–water partition coefficient (Wildman–Crippen LogP) is 5.29. The molecule has 0 heterocycles. The maximum Gasteiger partial charge on any atom is 0.0699 e. The molecule has 2 rings (SSSR count). The summed E-state index contributed by atoms with van der Waals surface area (Å²) in [7, 11) is 0. The first-order chi connectivity index (χ1) is 10.2. The molecule has 2 N–H and O–H groups in total. The average Bonchev–Trinajstić information content (AvgIpc) is 2.69. The number of halogens is 2. The van der Waals surface area contributed by atoms with Crippen LogP contribution in [-0.4, -0.2) is 11.7 Å². The van der Waals surface area contributed by atoms with E-state index in [0.717, 1.165) is 22.6 Å². The zero-order valence-electron chi connectivity index (χ0n) is 12.1. The van der Waals surface area contributed by atoms with Crippen LogP contribution in [0.4, 0.5) is 0 Å². The van der Waals surface area contributed by atoms with Crippen molar-refractivity contribution in [1.82, 2.24) is 4.72 Å². The second kappa shape index (κ2) is 9.96. The molecule has 0 spiro atoms. The Bertz CT molecular complexity index is 536. The zero-order valence-corrected chi connectivity index (χ0v) is 14.4. The van der Waals surface area contributed by atoms with Gasteiger partial charge in [0.25, 0.3) is 0 Å². The third-order valence-electron chi connectivity index (χ3n) is 2.57. The number of aliphatic hydroxyl groups excluding tert-OH is 1. The zero-order chi connectivity index (χ0) is 15.7. The summed E-state index contributed by atoms with van der Waals surface area (Å²) in [5.41, 5.74) is 1.66. The van der Waals surface area contributed by atoms with E-state index in [1.165, 1.54) is 11.9 Å². The molecule has 1 aromatic rings. The molecule has 1 aliphatic rings. The summed E-state index contributed by atoms with van der Waals surface area (Å²) in [6.07, 6.45) is 6.40. The largest absolute Gasteiger partial charge is 0.392 e. The molecule has 0 atom stereocenters. The van der Waals surface area contributed by atoms with E-state index < -0.39 is 0 Å². The van der Waals surface area contributed by atoms with E-state index in [1.807, 2.05) is 56.3 Å². The van der Waals surface area contributed by atoms with Gasteiger partial charge in [0.05, 0.1) is 12.3 Å². The lowest BCUT2D eigenvalue weighted by atomic mass is 10.2. The predicted molar refractivity (Wildman–Crippen MR) is 93.6 cm³/mol. The van der Waals surface area contributed by atoms with Crippen molar-refractivity contribution in [3.05, 3.63) is 63.8 Å². The maximum atomic E-state index is 9.36. The van der Waals surface area contributed by atoms with Crippen LogP contribution < -0.4 is 4.72 Å². The van der Waals surface area contributed by atoms with Crippen LogP contribution >= 0.6 is 35.1 Å². The summed E-state index contributed by atoms with van der Waals surface area (Å²) in [6, 6.07) is 7.53. The highest BCUT2D eigenvalue weighted by molar-refractivity contribution is 7.97. The Hall–Kier alpha value is -0.870. The highest BCUT2D eigenvalue weighted by Crippen LogP contribution is 2.24. The van der Waals surface area contributed by atoms with Gasteiger partial charge in [0.15, 0.2) is 0 Å². The molecule has 1 aliphatic carbocycles. The summed E-state index contributed by atoms with van der Waals surface area (Å²) in [6.45, 7) is 3.98. The molecule has 0 aromatic heterocycles. The van der Waals surface area contributed by atoms with Crippen molar-refractivity contribution in [1.29, 1.82) is 0 Å². The number of benzene rings is 1. The summed E-state index contributed by atoms with van der Waals surface area (Å²) in [5.74, 6) is 0. The van der Waals surface area contributed by atoms with Crippen molar-refractivity contribution < 1.29 is 5.11 Å². The third kappa shape index (κ3) is 6.18. The van der Waals surface area contributed by atoms with Gasteiger partial charge in [-0.05, 0) is 54.3 Å². The minimum Gasteiger partial charge on any atom is -0.392 e. The first-order valence-corrected chi connectivity index (χ1v) is 8.32. The van der Waals surface area contributed by atoms with Crippen LogP contribution in [0.25, 0.3) is 0 Å². The minimum absolute atomic E-state index is 0.0159. The number of hydrogen-bond donors (Lipinski definition) is 2. The van der Waals surface area contributed by atoms with Gasteiger partial charge < -0.3 is 9.83 Å². The SMILES string of the molecule is CC.OCC1=CCC=C(Cl)C=C1NSc1ccc(Cl)cc1. The molecule has 114 valence electrons. The lowest BCUT2D eigenvalue weighted by Gasteiger charge is -2.11. The molecule has 0 aliphatic heterocycles. The first-order valence-electron chi connectivity index (χ1n) is 6.75. The van der Waals surface area contributed by atoms with Crippen LogP contribution in [0.5, 0.6) is 0 Å². The Labute approximate surface area is 140 Å². The van der Waals surface area contributed by atoms with Gasteiger partial charge >= 0.3 is 0 Å². The fourth-order valence-electron chi connectivity index (χ4n) is 1.57. The molecule has 0 unspecified atom stereocenters. The second-order valence-electron chi connectivity index (χ2n) is 3.93. The van der Waals surface area contributed by atoms with E-state index in [9.17, 15) is 5.11 Å². The fraction of sp³-hybridized carbons (Fsp3) is 0.250. The van der Waals surface area contributed by atoms with Gasteiger partial charge in [0.2, 0.25) is 0 Å². The van der Waals surface area contributed by atoms with E-state index >= 15 is 0 Å². The van der Waals surface area contributed by atoms with Crippen molar-refractivity contribution >= 4 is 35.1 Å². The van der Waals surface area contributed by atoms with Crippen molar-refractivity contribution in [2.75, 3.05) is 6.61 Å². The van der Waals surface area contributed by atoms with Crippen LogP contribution in [0.2, 0.25) is 5.02 Å². The molecule has 0 amide bonds. The Morgan fingerprint density at radius 2 is 1.81 bits per heavy atom. The molecule has 21 heavy (non-hydrogen) atoms. The van der Waals surface area contributed by atoms with Crippen molar-refractivity contribution in [2.45, 2.75) is 25.2 Å². The molecular weight excluding hydrogens is 325 g/mol. The molecular formula is C16H19Cl2NOS. The Balaban J connectivity index is 0.00000106. The van der Waals surface area contributed by atoms with E-state index in [1.54, 1.807) is 0 Å². The monoisotopic (exact) mass is 343 g/mol. The van der Waals surface area contributed by atoms with Crippen LogP contribution in [0, 0.1) is 0 Å². The van der Waals surface area contributed by atoms with Crippen molar-refractivity contribution in [3.63, 3.8) is 0 Å². The van der Waals surface area contributed by atoms with E-state index in [0.29, 0.717) is 10.1 Å².